The van der Waals surface area contributed by atoms with Crippen molar-refractivity contribution in [2.75, 3.05) is 6.61 Å². The van der Waals surface area contributed by atoms with Gasteiger partial charge in [0.05, 0.1) is 5.02 Å². The van der Waals surface area contributed by atoms with Crippen LogP contribution in [0.5, 0.6) is 11.5 Å². The van der Waals surface area contributed by atoms with Gasteiger partial charge in [-0.15, -0.1) is 0 Å². The van der Waals surface area contributed by atoms with Crippen molar-refractivity contribution in [3.8, 4) is 11.5 Å². The number of para-hydroxylation sites is 1. The molecule has 0 spiro atoms. The summed E-state index contributed by atoms with van der Waals surface area (Å²) in [7, 11) is 0. The minimum absolute atomic E-state index is 0.286. The molecule has 0 radical (unpaired) electrons. The number of benzene rings is 2. The van der Waals surface area contributed by atoms with Crippen LogP contribution in [0.15, 0.2) is 48.5 Å². The molecule has 0 saturated carbocycles. The number of hydrazine groups is 1. The van der Waals surface area contributed by atoms with Crippen molar-refractivity contribution >= 4 is 35.0 Å². The molecule has 0 heterocycles. The van der Waals surface area contributed by atoms with Gasteiger partial charge in [0.2, 0.25) is 0 Å². The van der Waals surface area contributed by atoms with Gasteiger partial charge in [-0.1, -0.05) is 41.4 Å². The van der Waals surface area contributed by atoms with Crippen molar-refractivity contribution in [3.05, 3.63) is 58.6 Å². The fourth-order valence-electron chi connectivity index (χ4n) is 1.76. The first-order chi connectivity index (χ1) is 12.0. The fourth-order valence-corrected chi connectivity index (χ4v) is 2.22. The third-order valence-corrected chi connectivity index (χ3v) is 3.53. The van der Waals surface area contributed by atoms with Crippen molar-refractivity contribution in [2.45, 2.75) is 13.0 Å². The van der Waals surface area contributed by atoms with E-state index in [4.69, 9.17) is 32.7 Å². The van der Waals surface area contributed by atoms with Gasteiger partial charge in [0.25, 0.3) is 11.8 Å². The number of carbonyl (C=O) groups is 2. The van der Waals surface area contributed by atoms with Gasteiger partial charge >= 0.3 is 0 Å². The van der Waals surface area contributed by atoms with E-state index in [0.717, 1.165) is 0 Å². The number of carbonyl (C=O) groups excluding carboxylic acids is 2. The molecular formula is C17H16Cl2N2O4. The van der Waals surface area contributed by atoms with E-state index in [0.29, 0.717) is 16.5 Å². The maximum absolute atomic E-state index is 11.9. The molecule has 0 saturated heterocycles. The lowest BCUT2D eigenvalue weighted by Gasteiger charge is -2.15. The topological polar surface area (TPSA) is 76.7 Å². The fraction of sp³-hybridized carbons (Fsp3) is 0.176. The van der Waals surface area contributed by atoms with Crippen molar-refractivity contribution in [2.24, 2.45) is 0 Å². The molecule has 0 aromatic heterocycles. The van der Waals surface area contributed by atoms with E-state index in [1.165, 1.54) is 6.07 Å². The first-order valence-electron chi connectivity index (χ1n) is 7.34. The van der Waals surface area contributed by atoms with Crippen LogP contribution in [-0.2, 0) is 9.59 Å². The average molecular weight is 383 g/mol. The molecule has 25 heavy (non-hydrogen) atoms. The highest BCUT2D eigenvalue weighted by Gasteiger charge is 2.15. The SMILES string of the molecule is CC(Oc1ccccc1)C(=O)NNC(=O)COc1ccc(Cl)cc1Cl. The predicted octanol–water partition coefficient (Wildman–Crippen LogP) is 2.99. The molecule has 2 N–H and O–H groups in total. The molecule has 2 aromatic carbocycles. The van der Waals surface area contributed by atoms with Crippen molar-refractivity contribution in [3.63, 3.8) is 0 Å². The molecule has 2 rings (SSSR count). The number of hydrogen-bond acceptors (Lipinski definition) is 4. The third-order valence-electron chi connectivity index (χ3n) is 3.00. The Morgan fingerprint density at radius 2 is 1.80 bits per heavy atom. The molecule has 1 atom stereocenters. The predicted molar refractivity (Wildman–Crippen MR) is 94.8 cm³/mol. The standard InChI is InChI=1S/C17H16Cl2N2O4/c1-11(25-13-5-3-2-4-6-13)17(23)21-20-16(22)10-24-15-8-7-12(18)9-14(15)19/h2-9,11H,10H2,1H3,(H,20,22)(H,21,23). The van der Waals surface area contributed by atoms with Gasteiger partial charge in [0.1, 0.15) is 11.5 Å². The van der Waals surface area contributed by atoms with Gasteiger partial charge in [0.15, 0.2) is 12.7 Å². The Labute approximate surface area is 155 Å². The van der Waals surface area contributed by atoms with Gasteiger partial charge in [-0.05, 0) is 37.3 Å². The molecule has 0 aliphatic carbocycles. The number of hydrogen-bond donors (Lipinski definition) is 2. The van der Waals surface area contributed by atoms with Crippen LogP contribution in [0, 0.1) is 0 Å². The van der Waals surface area contributed by atoms with E-state index < -0.39 is 17.9 Å². The van der Waals surface area contributed by atoms with Crippen LogP contribution < -0.4 is 20.3 Å². The van der Waals surface area contributed by atoms with Crippen molar-refractivity contribution in [1.82, 2.24) is 10.9 Å². The van der Waals surface area contributed by atoms with Crippen LogP contribution >= 0.6 is 23.2 Å². The second-order valence-electron chi connectivity index (χ2n) is 4.97. The molecule has 8 heteroatoms. The second-order valence-corrected chi connectivity index (χ2v) is 5.82. The minimum atomic E-state index is -0.783. The first kappa shape index (κ1) is 18.9. The highest BCUT2D eigenvalue weighted by atomic mass is 35.5. The number of ether oxygens (including phenoxy) is 2. The summed E-state index contributed by atoms with van der Waals surface area (Å²) in [5.74, 6) is -0.182. The van der Waals surface area contributed by atoms with Crippen molar-refractivity contribution < 1.29 is 19.1 Å². The number of nitrogens with one attached hydrogen (secondary N) is 2. The molecular weight excluding hydrogens is 367 g/mol. The Hall–Kier alpha value is -2.44. The zero-order valence-corrected chi connectivity index (χ0v) is 14.8. The van der Waals surface area contributed by atoms with Crippen LogP contribution in [0.2, 0.25) is 10.0 Å². The quantitative estimate of drug-likeness (QED) is 0.752. The number of amides is 2. The highest BCUT2D eigenvalue weighted by Crippen LogP contribution is 2.27. The van der Waals surface area contributed by atoms with E-state index in [2.05, 4.69) is 10.9 Å². The number of rotatable bonds is 6. The largest absolute Gasteiger partial charge is 0.482 e. The number of halogens is 2. The highest BCUT2D eigenvalue weighted by molar-refractivity contribution is 6.35. The normalized spacial score (nSPS) is 11.3. The molecule has 0 aliphatic heterocycles. The monoisotopic (exact) mass is 382 g/mol. The zero-order valence-electron chi connectivity index (χ0n) is 13.3. The van der Waals surface area contributed by atoms with Crippen LogP contribution in [0.25, 0.3) is 0 Å². The smallest absolute Gasteiger partial charge is 0.279 e. The molecule has 0 aliphatic rings. The molecule has 132 valence electrons. The molecule has 0 fully saturated rings. The Bertz CT molecular complexity index is 741. The summed E-state index contributed by atoms with van der Waals surface area (Å²) in [6, 6.07) is 13.5. The zero-order chi connectivity index (χ0) is 18.2. The molecule has 1 unspecified atom stereocenters. The summed E-state index contributed by atoms with van der Waals surface area (Å²) < 4.78 is 10.7. The van der Waals surface area contributed by atoms with E-state index in [-0.39, 0.29) is 11.6 Å². The summed E-state index contributed by atoms with van der Waals surface area (Å²) in [4.78, 5) is 23.6. The summed E-state index contributed by atoms with van der Waals surface area (Å²) in [5, 5.41) is 0.746. The summed E-state index contributed by atoms with van der Waals surface area (Å²) in [6.07, 6.45) is -0.783. The summed E-state index contributed by atoms with van der Waals surface area (Å²) in [6.45, 7) is 1.24. The van der Waals surface area contributed by atoms with Gasteiger partial charge < -0.3 is 9.47 Å². The van der Waals surface area contributed by atoms with Crippen molar-refractivity contribution in [1.29, 1.82) is 0 Å². The molecule has 2 aromatic rings. The van der Waals surface area contributed by atoms with E-state index in [1.54, 1.807) is 43.3 Å². The Balaban J connectivity index is 1.74. The van der Waals surface area contributed by atoms with Crippen LogP contribution in [0.3, 0.4) is 0 Å². The Morgan fingerprint density at radius 1 is 1.08 bits per heavy atom. The van der Waals surface area contributed by atoms with E-state index in [9.17, 15) is 9.59 Å². The maximum atomic E-state index is 11.9. The molecule has 6 nitrogen and oxygen atoms in total. The van der Waals surface area contributed by atoms with Crippen LogP contribution in [0.4, 0.5) is 0 Å². The lowest BCUT2D eigenvalue weighted by Crippen LogP contribution is -2.48. The molecule has 2 amide bonds. The molecule has 0 bridgehead atoms. The lowest BCUT2D eigenvalue weighted by molar-refractivity contribution is -0.133. The summed E-state index contributed by atoms with van der Waals surface area (Å²) >= 11 is 11.7. The Morgan fingerprint density at radius 3 is 2.48 bits per heavy atom. The van der Waals surface area contributed by atoms with Crippen LogP contribution in [-0.4, -0.2) is 24.5 Å². The first-order valence-corrected chi connectivity index (χ1v) is 8.09. The lowest BCUT2D eigenvalue weighted by atomic mass is 10.3. The summed E-state index contributed by atoms with van der Waals surface area (Å²) in [5.41, 5.74) is 4.50. The van der Waals surface area contributed by atoms with Gasteiger partial charge in [-0.3, -0.25) is 20.4 Å². The van der Waals surface area contributed by atoms with Gasteiger partial charge in [-0.2, -0.15) is 0 Å². The second kappa shape index (κ2) is 9.15. The van der Waals surface area contributed by atoms with E-state index in [1.807, 2.05) is 6.07 Å². The average Bonchev–Trinajstić information content (AvgIpc) is 2.59. The van der Waals surface area contributed by atoms with Gasteiger partial charge in [0, 0.05) is 5.02 Å². The van der Waals surface area contributed by atoms with Gasteiger partial charge in [-0.25, -0.2) is 0 Å². The third kappa shape index (κ3) is 6.17. The van der Waals surface area contributed by atoms with Crippen LogP contribution in [0.1, 0.15) is 6.92 Å². The maximum Gasteiger partial charge on any atom is 0.279 e. The Kier molecular flexibility index (Phi) is 6.91. The van der Waals surface area contributed by atoms with E-state index >= 15 is 0 Å². The minimum Gasteiger partial charge on any atom is -0.482 e.